The van der Waals surface area contributed by atoms with Crippen molar-refractivity contribution in [3.63, 3.8) is 0 Å². The van der Waals surface area contributed by atoms with Gasteiger partial charge in [0.2, 0.25) is 0 Å². The molecule has 3 nitrogen and oxygen atoms in total. The number of rotatable bonds is 3. The fourth-order valence-electron chi connectivity index (χ4n) is 2.31. The van der Waals surface area contributed by atoms with Crippen LogP contribution in [-0.2, 0) is 9.84 Å². The van der Waals surface area contributed by atoms with Gasteiger partial charge in [-0.15, -0.1) is 0 Å². The Hall–Kier alpha value is -0.940. The Morgan fingerprint density at radius 2 is 2.24 bits per heavy atom. The lowest BCUT2D eigenvalue weighted by Gasteiger charge is -2.15. The number of fused-ring (bicyclic) bond motifs is 1. The predicted molar refractivity (Wildman–Crippen MR) is 64.3 cm³/mol. The van der Waals surface area contributed by atoms with E-state index in [2.05, 4.69) is 5.32 Å². The van der Waals surface area contributed by atoms with Crippen LogP contribution in [0.5, 0.6) is 0 Å². The van der Waals surface area contributed by atoms with Crippen molar-refractivity contribution in [3.8, 4) is 0 Å². The zero-order valence-electron chi connectivity index (χ0n) is 9.90. The molecule has 0 saturated heterocycles. The second kappa shape index (κ2) is 4.38. The van der Waals surface area contributed by atoms with Gasteiger partial charge >= 0.3 is 0 Å². The second-order valence-corrected chi connectivity index (χ2v) is 6.59. The van der Waals surface area contributed by atoms with E-state index in [9.17, 15) is 12.8 Å². The second-order valence-electron chi connectivity index (χ2n) is 4.59. The van der Waals surface area contributed by atoms with E-state index < -0.39 is 9.84 Å². The molecule has 0 bridgehead atoms. The maximum atomic E-state index is 13.2. The third kappa shape index (κ3) is 2.35. The first-order valence-corrected chi connectivity index (χ1v) is 7.28. The quantitative estimate of drug-likeness (QED) is 0.838. The summed E-state index contributed by atoms with van der Waals surface area (Å²) < 4.78 is 37.0. The smallest absolute Gasteiger partial charge is 0.179 e. The van der Waals surface area contributed by atoms with Gasteiger partial charge in [0.05, 0.1) is 10.6 Å². The minimum atomic E-state index is -3.22. The fraction of sp³-hybridized carbons (Fsp3) is 0.500. The van der Waals surface area contributed by atoms with Crippen LogP contribution >= 0.6 is 0 Å². The molecule has 1 aliphatic heterocycles. The number of benzene rings is 1. The molecular formula is C12H16FNO2S. The van der Waals surface area contributed by atoms with Gasteiger partial charge in [0.1, 0.15) is 5.82 Å². The lowest BCUT2D eigenvalue weighted by Crippen LogP contribution is -2.24. The summed E-state index contributed by atoms with van der Waals surface area (Å²) >= 11 is 0. The summed E-state index contributed by atoms with van der Waals surface area (Å²) in [6.07, 6.45) is 0.701. The zero-order valence-corrected chi connectivity index (χ0v) is 10.7. The van der Waals surface area contributed by atoms with E-state index in [4.69, 9.17) is 0 Å². The van der Waals surface area contributed by atoms with Crippen LogP contribution in [0.2, 0.25) is 0 Å². The Morgan fingerprint density at radius 1 is 1.53 bits per heavy atom. The van der Waals surface area contributed by atoms with Gasteiger partial charge in [0.25, 0.3) is 0 Å². The van der Waals surface area contributed by atoms with Crippen LogP contribution in [0, 0.1) is 5.82 Å². The van der Waals surface area contributed by atoms with Crippen LogP contribution in [-0.4, -0.2) is 27.3 Å². The molecule has 1 heterocycles. The zero-order chi connectivity index (χ0) is 12.6. The van der Waals surface area contributed by atoms with Crippen molar-refractivity contribution in [1.82, 2.24) is 5.32 Å². The van der Waals surface area contributed by atoms with Crippen molar-refractivity contribution in [2.75, 3.05) is 12.8 Å². The molecule has 0 aromatic heterocycles. The third-order valence-electron chi connectivity index (χ3n) is 3.30. The Labute approximate surface area is 101 Å². The van der Waals surface area contributed by atoms with Crippen LogP contribution in [0.4, 0.5) is 4.39 Å². The number of nitrogens with one attached hydrogen (secondary N) is 1. The SMILES string of the molecule is CNC(C)CC1CS(=O)(=O)c2ccc(F)cc21. The predicted octanol–water partition coefficient (Wildman–Crippen LogP) is 1.69. The van der Waals surface area contributed by atoms with Gasteiger partial charge in [0.15, 0.2) is 9.84 Å². The summed E-state index contributed by atoms with van der Waals surface area (Å²) in [4.78, 5) is 0.298. The van der Waals surface area contributed by atoms with E-state index in [-0.39, 0.29) is 23.5 Å². The summed E-state index contributed by atoms with van der Waals surface area (Å²) in [6.45, 7) is 1.99. The molecule has 2 rings (SSSR count). The van der Waals surface area contributed by atoms with Crippen molar-refractivity contribution in [1.29, 1.82) is 0 Å². The molecule has 0 amide bonds. The summed E-state index contributed by atoms with van der Waals surface area (Å²) in [5, 5.41) is 3.08. The topological polar surface area (TPSA) is 46.2 Å². The molecule has 0 fully saturated rings. The lowest BCUT2D eigenvalue weighted by molar-refractivity contribution is 0.515. The molecule has 94 valence electrons. The van der Waals surface area contributed by atoms with Crippen molar-refractivity contribution >= 4 is 9.84 Å². The molecule has 1 aromatic rings. The number of hydrogen-bond acceptors (Lipinski definition) is 3. The van der Waals surface area contributed by atoms with Gasteiger partial charge in [-0.3, -0.25) is 0 Å². The molecule has 1 N–H and O–H groups in total. The third-order valence-corrected chi connectivity index (χ3v) is 5.18. The molecule has 2 atom stereocenters. The lowest BCUT2D eigenvalue weighted by atomic mass is 9.94. The highest BCUT2D eigenvalue weighted by Gasteiger charge is 2.35. The number of halogens is 1. The van der Waals surface area contributed by atoms with Gasteiger partial charge in [-0.2, -0.15) is 0 Å². The molecule has 1 aliphatic rings. The van der Waals surface area contributed by atoms with Crippen molar-refractivity contribution in [3.05, 3.63) is 29.6 Å². The van der Waals surface area contributed by atoms with Gasteiger partial charge in [0, 0.05) is 12.0 Å². The van der Waals surface area contributed by atoms with E-state index in [0.29, 0.717) is 16.9 Å². The molecule has 1 aromatic carbocycles. The Bertz CT molecular complexity index is 527. The first kappa shape index (κ1) is 12.5. The first-order valence-electron chi connectivity index (χ1n) is 5.63. The van der Waals surface area contributed by atoms with Gasteiger partial charge < -0.3 is 5.32 Å². The van der Waals surface area contributed by atoms with E-state index in [0.717, 1.165) is 0 Å². The Kier molecular flexibility index (Phi) is 3.23. The maximum absolute atomic E-state index is 13.2. The average molecular weight is 257 g/mol. The highest BCUT2D eigenvalue weighted by atomic mass is 32.2. The van der Waals surface area contributed by atoms with Crippen LogP contribution in [0.3, 0.4) is 0 Å². The highest BCUT2D eigenvalue weighted by molar-refractivity contribution is 7.91. The maximum Gasteiger partial charge on any atom is 0.179 e. The summed E-state index contributed by atoms with van der Waals surface area (Å²) in [5.41, 5.74) is 0.632. The Balaban J connectivity index is 2.39. The molecule has 0 saturated carbocycles. The molecular weight excluding hydrogens is 241 g/mol. The van der Waals surface area contributed by atoms with Crippen LogP contribution in [0.15, 0.2) is 23.1 Å². The average Bonchev–Trinajstić information content (AvgIpc) is 2.50. The van der Waals surface area contributed by atoms with E-state index in [1.165, 1.54) is 18.2 Å². The van der Waals surface area contributed by atoms with Gasteiger partial charge in [-0.1, -0.05) is 0 Å². The summed E-state index contributed by atoms with van der Waals surface area (Å²) in [5.74, 6) is -0.381. The van der Waals surface area contributed by atoms with Crippen molar-refractivity contribution < 1.29 is 12.8 Å². The Morgan fingerprint density at radius 3 is 2.88 bits per heavy atom. The van der Waals surface area contributed by atoms with Crippen molar-refractivity contribution in [2.24, 2.45) is 0 Å². The molecule has 0 radical (unpaired) electrons. The minimum absolute atomic E-state index is 0.0950. The monoisotopic (exact) mass is 257 g/mol. The number of hydrogen-bond donors (Lipinski definition) is 1. The van der Waals surface area contributed by atoms with Crippen LogP contribution in [0.1, 0.15) is 24.8 Å². The normalized spacial score (nSPS) is 23.4. The highest BCUT2D eigenvalue weighted by Crippen LogP contribution is 2.37. The summed E-state index contributed by atoms with van der Waals surface area (Å²) in [6, 6.07) is 4.15. The van der Waals surface area contributed by atoms with Gasteiger partial charge in [-0.25, -0.2) is 12.8 Å². The molecule has 0 aliphatic carbocycles. The fourth-order valence-corrected chi connectivity index (χ4v) is 4.19. The molecule has 5 heteroatoms. The van der Waals surface area contributed by atoms with Crippen LogP contribution < -0.4 is 5.32 Å². The van der Waals surface area contributed by atoms with E-state index in [1.54, 1.807) is 0 Å². The first-order chi connectivity index (χ1) is 7.94. The molecule has 0 spiro atoms. The number of sulfone groups is 1. The largest absolute Gasteiger partial charge is 0.317 e. The van der Waals surface area contributed by atoms with Gasteiger partial charge in [-0.05, 0) is 44.2 Å². The van der Waals surface area contributed by atoms with Crippen LogP contribution in [0.25, 0.3) is 0 Å². The molecule has 2 unspecified atom stereocenters. The van der Waals surface area contributed by atoms with E-state index in [1.807, 2.05) is 14.0 Å². The molecule has 17 heavy (non-hydrogen) atoms. The summed E-state index contributed by atoms with van der Waals surface area (Å²) in [7, 11) is -1.39. The standard InChI is InChI=1S/C12H16FNO2S/c1-8(14-2)5-9-7-17(15,16)12-4-3-10(13)6-11(9)12/h3-4,6,8-9,14H,5,7H2,1-2H3. The minimum Gasteiger partial charge on any atom is -0.317 e. The van der Waals surface area contributed by atoms with E-state index >= 15 is 0 Å². The van der Waals surface area contributed by atoms with Crippen molar-refractivity contribution in [2.45, 2.75) is 30.2 Å².